The molecule has 0 saturated heterocycles. The van der Waals surface area contributed by atoms with Gasteiger partial charge in [0.05, 0.1) is 0 Å². The molecule has 11 heavy (non-hydrogen) atoms. The highest BCUT2D eigenvalue weighted by Gasteiger charge is 2.55. The summed E-state index contributed by atoms with van der Waals surface area (Å²) in [4.78, 5) is 22.3. The quantitative estimate of drug-likeness (QED) is 0.488. The van der Waals surface area contributed by atoms with Crippen molar-refractivity contribution in [1.29, 1.82) is 0 Å². The average Bonchev–Trinajstić information content (AvgIpc) is 2.31. The molecule has 2 bridgehead atoms. The number of carbonyl (C=O) groups excluding carboxylic acids is 2. The molecule has 0 amide bonds. The Labute approximate surface area is 66.0 Å². The number of rotatable bonds is 0. The Bertz CT molecular complexity index is 240. The molecule has 2 heteroatoms. The lowest BCUT2D eigenvalue weighted by Crippen LogP contribution is -2.33. The fourth-order valence-electron chi connectivity index (χ4n) is 2.50. The predicted octanol–water partition coefficient (Wildman–Crippen LogP) is 1.19. The number of Topliss-reactive ketones (excluding diaryl/α,β-unsaturated/α-hetero) is 2. The summed E-state index contributed by atoms with van der Waals surface area (Å²) in [6.07, 6.45) is 1.74. The zero-order valence-electron chi connectivity index (χ0n) is 6.89. The van der Waals surface area contributed by atoms with Gasteiger partial charge < -0.3 is 0 Å². The summed E-state index contributed by atoms with van der Waals surface area (Å²) in [7, 11) is 0. The molecule has 2 aliphatic rings. The molecular weight excluding hydrogens is 140 g/mol. The van der Waals surface area contributed by atoms with Crippen LogP contribution in [-0.4, -0.2) is 11.6 Å². The Kier molecular flexibility index (Phi) is 1.11. The van der Waals surface area contributed by atoms with Gasteiger partial charge in [0.15, 0.2) is 0 Å². The van der Waals surface area contributed by atoms with Gasteiger partial charge in [0, 0.05) is 11.8 Å². The normalized spacial score (nSPS) is 40.2. The fraction of sp³-hybridized carbons (Fsp3) is 0.778. The second-order valence-electron chi connectivity index (χ2n) is 4.41. The number of hydrogen-bond acceptors (Lipinski definition) is 2. The van der Waals surface area contributed by atoms with Crippen LogP contribution in [0.15, 0.2) is 0 Å². The largest absolute Gasteiger partial charge is 0.291 e. The van der Waals surface area contributed by atoms with Crippen molar-refractivity contribution in [3.63, 3.8) is 0 Å². The number of fused-ring (bicyclic) bond motifs is 2. The highest BCUT2D eigenvalue weighted by atomic mass is 16.2. The van der Waals surface area contributed by atoms with Gasteiger partial charge in [-0.2, -0.15) is 0 Å². The molecule has 0 N–H and O–H groups in total. The van der Waals surface area contributed by atoms with E-state index in [-0.39, 0.29) is 28.8 Å². The molecular formula is C9H12O2. The molecule has 0 radical (unpaired) electrons. The lowest BCUT2D eigenvalue weighted by molar-refractivity contribution is -0.141. The second kappa shape index (κ2) is 1.74. The summed E-state index contributed by atoms with van der Waals surface area (Å²) in [6, 6.07) is 0. The van der Waals surface area contributed by atoms with Gasteiger partial charge in [0.25, 0.3) is 0 Å². The summed E-state index contributed by atoms with van der Waals surface area (Å²) in [5.74, 6) is -0.0944. The van der Waals surface area contributed by atoms with E-state index in [4.69, 9.17) is 0 Å². The number of hydrogen-bond donors (Lipinski definition) is 0. The first-order chi connectivity index (χ1) is 5.02. The summed E-state index contributed by atoms with van der Waals surface area (Å²) in [5, 5.41) is 0. The van der Waals surface area contributed by atoms with Gasteiger partial charge in [-0.05, 0) is 18.3 Å². The molecule has 2 nitrogen and oxygen atoms in total. The molecule has 0 aromatic heterocycles. The predicted molar refractivity (Wildman–Crippen MR) is 40.0 cm³/mol. The number of ketones is 2. The van der Waals surface area contributed by atoms with Crippen molar-refractivity contribution in [1.82, 2.24) is 0 Å². The van der Waals surface area contributed by atoms with E-state index in [1.807, 2.05) is 0 Å². The minimum absolute atomic E-state index is 0.0417. The first kappa shape index (κ1) is 7.01. The van der Waals surface area contributed by atoms with Crippen molar-refractivity contribution in [2.45, 2.75) is 26.7 Å². The smallest absolute Gasteiger partial charge is 0.202 e. The topological polar surface area (TPSA) is 34.1 Å². The third-order valence-corrected chi connectivity index (χ3v) is 3.17. The number of carbonyl (C=O) groups is 2. The van der Waals surface area contributed by atoms with Crippen molar-refractivity contribution in [3.05, 3.63) is 0 Å². The zero-order chi connectivity index (χ0) is 8.22. The third-order valence-electron chi connectivity index (χ3n) is 3.17. The van der Waals surface area contributed by atoms with E-state index in [2.05, 4.69) is 13.8 Å². The van der Waals surface area contributed by atoms with E-state index in [0.29, 0.717) is 0 Å². The zero-order valence-corrected chi connectivity index (χ0v) is 6.89. The van der Waals surface area contributed by atoms with Crippen LogP contribution in [0, 0.1) is 17.3 Å². The molecule has 0 heterocycles. The van der Waals surface area contributed by atoms with Gasteiger partial charge in [-0.1, -0.05) is 13.8 Å². The third kappa shape index (κ3) is 0.725. The maximum atomic E-state index is 11.2. The monoisotopic (exact) mass is 152 g/mol. The van der Waals surface area contributed by atoms with Crippen LogP contribution >= 0.6 is 0 Å². The molecule has 0 unspecified atom stereocenters. The van der Waals surface area contributed by atoms with Gasteiger partial charge in [-0.25, -0.2) is 0 Å². The lowest BCUT2D eigenvalue weighted by Gasteiger charge is -2.27. The average molecular weight is 152 g/mol. The molecule has 0 aromatic carbocycles. The molecule has 0 aliphatic heterocycles. The minimum atomic E-state index is -0.105. The maximum absolute atomic E-state index is 11.2. The molecule has 2 rings (SSSR count). The summed E-state index contributed by atoms with van der Waals surface area (Å²) in [6.45, 7) is 4.17. The standard InChI is InChI=1S/C9H12O2/c1-9(2)4-5-3-6(9)8(11)7(5)10/h5-6H,3-4H2,1-2H3/t5-,6-/m0/s1. The van der Waals surface area contributed by atoms with Crippen LogP contribution in [0.3, 0.4) is 0 Å². The Morgan fingerprint density at radius 3 is 2.27 bits per heavy atom. The summed E-state index contributed by atoms with van der Waals surface area (Å²) < 4.78 is 0. The Balaban J connectivity index is 2.37. The van der Waals surface area contributed by atoms with Crippen LogP contribution in [0.4, 0.5) is 0 Å². The summed E-state index contributed by atoms with van der Waals surface area (Å²) >= 11 is 0. The van der Waals surface area contributed by atoms with Gasteiger partial charge in [0.2, 0.25) is 11.6 Å². The van der Waals surface area contributed by atoms with E-state index in [1.54, 1.807) is 0 Å². The van der Waals surface area contributed by atoms with Gasteiger partial charge in [-0.3, -0.25) is 9.59 Å². The fourth-order valence-corrected chi connectivity index (χ4v) is 2.50. The van der Waals surface area contributed by atoms with E-state index < -0.39 is 0 Å². The van der Waals surface area contributed by atoms with Gasteiger partial charge in [-0.15, -0.1) is 0 Å². The van der Waals surface area contributed by atoms with Gasteiger partial charge in [0.1, 0.15) is 0 Å². The van der Waals surface area contributed by atoms with Crippen molar-refractivity contribution in [2.75, 3.05) is 0 Å². The molecule has 0 spiro atoms. The lowest BCUT2D eigenvalue weighted by atomic mass is 9.75. The van der Waals surface area contributed by atoms with Crippen molar-refractivity contribution in [3.8, 4) is 0 Å². The van der Waals surface area contributed by atoms with Crippen LogP contribution in [0.5, 0.6) is 0 Å². The van der Waals surface area contributed by atoms with Gasteiger partial charge >= 0.3 is 0 Å². The van der Waals surface area contributed by atoms with Crippen molar-refractivity contribution in [2.24, 2.45) is 17.3 Å². The summed E-state index contributed by atoms with van der Waals surface area (Å²) in [5.41, 5.74) is 0.0929. The van der Waals surface area contributed by atoms with Crippen molar-refractivity contribution >= 4 is 11.6 Å². The second-order valence-corrected chi connectivity index (χ2v) is 4.41. The van der Waals surface area contributed by atoms with Crippen LogP contribution < -0.4 is 0 Å². The molecule has 60 valence electrons. The first-order valence-corrected chi connectivity index (χ1v) is 4.10. The molecule has 2 fully saturated rings. The SMILES string of the molecule is CC1(C)C[C@@H]2C[C@H]1C(=O)C2=O. The van der Waals surface area contributed by atoms with Crippen molar-refractivity contribution < 1.29 is 9.59 Å². The molecule has 0 aromatic rings. The molecule has 2 aliphatic carbocycles. The van der Waals surface area contributed by atoms with Crippen LogP contribution in [-0.2, 0) is 9.59 Å². The van der Waals surface area contributed by atoms with E-state index in [1.165, 1.54) is 0 Å². The van der Waals surface area contributed by atoms with Crippen LogP contribution in [0.25, 0.3) is 0 Å². The minimum Gasteiger partial charge on any atom is -0.291 e. The first-order valence-electron chi connectivity index (χ1n) is 4.10. The molecule has 2 atom stereocenters. The van der Waals surface area contributed by atoms with Crippen LogP contribution in [0.1, 0.15) is 26.7 Å². The highest BCUT2D eigenvalue weighted by molar-refractivity contribution is 6.41. The Hall–Kier alpha value is -0.660. The highest BCUT2D eigenvalue weighted by Crippen LogP contribution is 2.51. The Morgan fingerprint density at radius 2 is 1.91 bits per heavy atom. The van der Waals surface area contributed by atoms with E-state index >= 15 is 0 Å². The van der Waals surface area contributed by atoms with Crippen LogP contribution in [0.2, 0.25) is 0 Å². The van der Waals surface area contributed by atoms with E-state index in [0.717, 1.165) is 12.8 Å². The van der Waals surface area contributed by atoms with E-state index in [9.17, 15) is 9.59 Å². The molecule has 2 saturated carbocycles. The maximum Gasteiger partial charge on any atom is 0.202 e. The Morgan fingerprint density at radius 1 is 1.27 bits per heavy atom.